The van der Waals surface area contributed by atoms with Crippen LogP contribution in [0.15, 0.2) is 0 Å². The van der Waals surface area contributed by atoms with Gasteiger partial charge in [-0.15, -0.1) is 0 Å². The standard InChI is InChI=1S/C10H18N4O2/c1-3-14(4-2)10(16)13-8-7-12-9(15)5-6-11/h3-5,7-8H2,1-2H3,(H,12,15)(H,13,16). The predicted octanol–water partition coefficient (Wildman–Crippen LogP) is 0.0677. The minimum absolute atomic E-state index is 0.139. The third-order valence-electron chi connectivity index (χ3n) is 2.01. The van der Waals surface area contributed by atoms with E-state index in [-0.39, 0.29) is 18.4 Å². The summed E-state index contributed by atoms with van der Waals surface area (Å²) in [5.41, 5.74) is 0. The fourth-order valence-electron chi connectivity index (χ4n) is 1.13. The van der Waals surface area contributed by atoms with Crippen LogP contribution in [-0.2, 0) is 4.79 Å². The highest BCUT2D eigenvalue weighted by Crippen LogP contribution is 1.86. The van der Waals surface area contributed by atoms with E-state index in [4.69, 9.17) is 5.26 Å². The average molecular weight is 226 g/mol. The van der Waals surface area contributed by atoms with Gasteiger partial charge in [0, 0.05) is 26.2 Å². The number of rotatable bonds is 6. The lowest BCUT2D eigenvalue weighted by atomic mass is 10.4. The van der Waals surface area contributed by atoms with Crippen molar-refractivity contribution in [2.75, 3.05) is 26.2 Å². The molecule has 0 aliphatic heterocycles. The number of nitriles is 1. The van der Waals surface area contributed by atoms with Crippen molar-refractivity contribution in [3.05, 3.63) is 0 Å². The van der Waals surface area contributed by atoms with E-state index in [9.17, 15) is 9.59 Å². The number of hydrogen-bond donors (Lipinski definition) is 2. The number of amides is 3. The van der Waals surface area contributed by atoms with Crippen molar-refractivity contribution in [1.29, 1.82) is 5.26 Å². The van der Waals surface area contributed by atoms with Gasteiger partial charge in [-0.05, 0) is 13.8 Å². The summed E-state index contributed by atoms with van der Waals surface area (Å²) in [6.45, 7) is 5.82. The lowest BCUT2D eigenvalue weighted by Crippen LogP contribution is -2.42. The molecule has 0 atom stereocenters. The van der Waals surface area contributed by atoms with Gasteiger partial charge in [-0.25, -0.2) is 4.79 Å². The highest BCUT2D eigenvalue weighted by molar-refractivity contribution is 5.78. The minimum Gasteiger partial charge on any atom is -0.353 e. The van der Waals surface area contributed by atoms with E-state index in [0.29, 0.717) is 26.2 Å². The number of carbonyl (C=O) groups excluding carboxylic acids is 2. The van der Waals surface area contributed by atoms with Crippen LogP contribution < -0.4 is 10.6 Å². The molecule has 16 heavy (non-hydrogen) atoms. The van der Waals surface area contributed by atoms with E-state index in [2.05, 4.69) is 10.6 Å². The smallest absolute Gasteiger partial charge is 0.317 e. The number of nitrogens with zero attached hydrogens (tertiary/aromatic N) is 2. The van der Waals surface area contributed by atoms with Crippen molar-refractivity contribution in [1.82, 2.24) is 15.5 Å². The molecular formula is C10H18N4O2. The fourth-order valence-corrected chi connectivity index (χ4v) is 1.13. The highest BCUT2D eigenvalue weighted by Gasteiger charge is 2.07. The van der Waals surface area contributed by atoms with Crippen LogP contribution in [0, 0.1) is 11.3 Å². The maximum atomic E-state index is 11.4. The van der Waals surface area contributed by atoms with Crippen molar-refractivity contribution in [2.24, 2.45) is 0 Å². The summed E-state index contributed by atoms with van der Waals surface area (Å²) in [5.74, 6) is -0.320. The van der Waals surface area contributed by atoms with Gasteiger partial charge in [0.1, 0.15) is 6.42 Å². The first kappa shape index (κ1) is 14.2. The molecule has 0 aliphatic rings. The van der Waals surface area contributed by atoms with Gasteiger partial charge in [0.2, 0.25) is 5.91 Å². The molecule has 3 amide bonds. The van der Waals surface area contributed by atoms with Gasteiger partial charge in [0.05, 0.1) is 6.07 Å². The fraction of sp³-hybridized carbons (Fsp3) is 0.700. The number of carbonyl (C=O) groups is 2. The maximum absolute atomic E-state index is 11.4. The first-order chi connectivity index (χ1) is 7.65. The van der Waals surface area contributed by atoms with E-state index in [1.54, 1.807) is 11.0 Å². The van der Waals surface area contributed by atoms with Gasteiger partial charge < -0.3 is 15.5 Å². The van der Waals surface area contributed by atoms with Crippen LogP contribution in [0.4, 0.5) is 4.79 Å². The molecule has 0 saturated carbocycles. The summed E-state index contributed by atoms with van der Waals surface area (Å²) in [6, 6.07) is 1.61. The molecule has 6 heteroatoms. The summed E-state index contributed by atoms with van der Waals surface area (Å²) in [7, 11) is 0. The first-order valence-corrected chi connectivity index (χ1v) is 5.32. The van der Waals surface area contributed by atoms with Crippen LogP contribution in [0.1, 0.15) is 20.3 Å². The number of hydrogen-bond acceptors (Lipinski definition) is 3. The van der Waals surface area contributed by atoms with Crippen LogP contribution in [0.5, 0.6) is 0 Å². The second kappa shape index (κ2) is 8.53. The van der Waals surface area contributed by atoms with E-state index in [1.165, 1.54) is 0 Å². The molecule has 0 aromatic carbocycles. The third-order valence-corrected chi connectivity index (χ3v) is 2.01. The normalized spacial score (nSPS) is 9.06. The highest BCUT2D eigenvalue weighted by atomic mass is 16.2. The van der Waals surface area contributed by atoms with Crippen molar-refractivity contribution in [3.8, 4) is 6.07 Å². The average Bonchev–Trinajstić information content (AvgIpc) is 2.26. The predicted molar refractivity (Wildman–Crippen MR) is 59.6 cm³/mol. The largest absolute Gasteiger partial charge is 0.353 e. The van der Waals surface area contributed by atoms with Gasteiger partial charge >= 0.3 is 6.03 Å². The summed E-state index contributed by atoms with van der Waals surface area (Å²) in [5, 5.41) is 13.4. The monoisotopic (exact) mass is 226 g/mol. The Labute approximate surface area is 95.6 Å². The molecule has 0 fully saturated rings. The Hall–Kier alpha value is -1.77. The molecule has 0 saturated heterocycles. The molecule has 90 valence electrons. The summed E-state index contributed by atoms with van der Waals surface area (Å²) >= 11 is 0. The second-order valence-corrected chi connectivity index (χ2v) is 3.09. The van der Waals surface area contributed by atoms with E-state index in [0.717, 1.165) is 0 Å². The van der Waals surface area contributed by atoms with Gasteiger partial charge in [-0.2, -0.15) is 5.26 Å². The van der Waals surface area contributed by atoms with E-state index >= 15 is 0 Å². The van der Waals surface area contributed by atoms with Crippen molar-refractivity contribution < 1.29 is 9.59 Å². The molecule has 0 unspecified atom stereocenters. The molecule has 0 bridgehead atoms. The van der Waals surface area contributed by atoms with Crippen molar-refractivity contribution >= 4 is 11.9 Å². The topological polar surface area (TPSA) is 85.2 Å². The van der Waals surface area contributed by atoms with E-state index in [1.807, 2.05) is 13.8 Å². The second-order valence-electron chi connectivity index (χ2n) is 3.09. The van der Waals surface area contributed by atoms with Crippen LogP contribution in [-0.4, -0.2) is 43.0 Å². The lowest BCUT2D eigenvalue weighted by molar-refractivity contribution is -0.120. The number of nitrogens with one attached hydrogen (secondary N) is 2. The van der Waals surface area contributed by atoms with E-state index < -0.39 is 0 Å². The Morgan fingerprint density at radius 2 is 1.75 bits per heavy atom. The molecule has 2 N–H and O–H groups in total. The SMILES string of the molecule is CCN(CC)C(=O)NCCNC(=O)CC#N. The van der Waals surface area contributed by atoms with Gasteiger partial charge in [-0.1, -0.05) is 0 Å². The molecule has 0 aromatic rings. The molecule has 0 aliphatic carbocycles. The zero-order valence-electron chi connectivity index (χ0n) is 9.75. The Morgan fingerprint density at radius 3 is 2.25 bits per heavy atom. The van der Waals surface area contributed by atoms with Crippen LogP contribution >= 0.6 is 0 Å². The summed E-state index contributed by atoms with van der Waals surface area (Å²) in [6.07, 6.45) is -0.149. The summed E-state index contributed by atoms with van der Waals surface area (Å²) in [4.78, 5) is 24.0. The lowest BCUT2D eigenvalue weighted by Gasteiger charge is -2.19. The Morgan fingerprint density at radius 1 is 1.19 bits per heavy atom. The molecule has 0 aromatic heterocycles. The summed E-state index contributed by atoms with van der Waals surface area (Å²) < 4.78 is 0. The Kier molecular flexibility index (Phi) is 7.59. The zero-order chi connectivity index (χ0) is 12.4. The first-order valence-electron chi connectivity index (χ1n) is 5.32. The zero-order valence-corrected chi connectivity index (χ0v) is 9.75. The molecule has 6 nitrogen and oxygen atoms in total. The molecule has 0 heterocycles. The van der Waals surface area contributed by atoms with Gasteiger partial charge in [-0.3, -0.25) is 4.79 Å². The molecule has 0 radical (unpaired) electrons. The molecular weight excluding hydrogens is 208 g/mol. The Bertz CT molecular complexity index is 268. The Balaban J connectivity index is 3.63. The van der Waals surface area contributed by atoms with Gasteiger partial charge in [0.15, 0.2) is 0 Å². The van der Waals surface area contributed by atoms with Gasteiger partial charge in [0.25, 0.3) is 0 Å². The number of urea groups is 1. The minimum atomic E-state index is -0.320. The van der Waals surface area contributed by atoms with Crippen molar-refractivity contribution in [3.63, 3.8) is 0 Å². The van der Waals surface area contributed by atoms with Crippen molar-refractivity contribution in [2.45, 2.75) is 20.3 Å². The third kappa shape index (κ3) is 5.86. The van der Waals surface area contributed by atoms with Crippen LogP contribution in [0.3, 0.4) is 0 Å². The van der Waals surface area contributed by atoms with Crippen LogP contribution in [0.2, 0.25) is 0 Å². The quantitative estimate of drug-likeness (QED) is 0.628. The molecule has 0 spiro atoms. The van der Waals surface area contributed by atoms with Crippen LogP contribution in [0.25, 0.3) is 0 Å². The molecule has 0 rings (SSSR count). The maximum Gasteiger partial charge on any atom is 0.317 e.